The first-order valence-electron chi connectivity index (χ1n) is 3.43. The molecule has 76 valence electrons. The van der Waals surface area contributed by atoms with Crippen LogP contribution in [-0.4, -0.2) is 13.9 Å². The number of rotatable bonds is 3. The average Bonchev–Trinajstić information content (AvgIpc) is 2.62. The molecule has 0 aromatic rings. The van der Waals surface area contributed by atoms with E-state index in [0.717, 1.165) is 0 Å². The third-order valence-corrected chi connectivity index (χ3v) is 2.53. The van der Waals surface area contributed by atoms with Gasteiger partial charge in [0.05, 0.1) is 0 Å². The highest BCUT2D eigenvalue weighted by Gasteiger charge is 2.49. The minimum Gasteiger partial charge on any atom is -0.381 e. The zero-order valence-electron chi connectivity index (χ0n) is 6.47. The second-order valence-corrected chi connectivity index (χ2v) is 4.26. The van der Waals surface area contributed by atoms with Gasteiger partial charge in [0.15, 0.2) is 0 Å². The first-order valence-corrected chi connectivity index (χ1v) is 4.84. The summed E-state index contributed by atoms with van der Waals surface area (Å²) in [6.45, 7) is 3.11. The van der Waals surface area contributed by atoms with Crippen LogP contribution in [0.15, 0.2) is 12.3 Å². The van der Waals surface area contributed by atoms with Gasteiger partial charge in [-0.25, -0.2) is 0 Å². The van der Waals surface area contributed by atoms with Crippen LogP contribution in [0.4, 0.5) is 13.2 Å². The number of allylic oxidation sites excluding steroid dienone is 1. The van der Waals surface area contributed by atoms with Gasteiger partial charge in [0.25, 0.3) is 0 Å². The minimum atomic E-state index is -5.50. The average molecular weight is 216 g/mol. The Labute approximate surface area is 73.3 Å². The van der Waals surface area contributed by atoms with E-state index in [-0.39, 0.29) is 11.7 Å². The van der Waals surface area contributed by atoms with E-state index in [1.54, 1.807) is 0 Å². The monoisotopic (exact) mass is 216 g/mol. The Morgan fingerprint density at radius 2 is 1.85 bits per heavy atom. The van der Waals surface area contributed by atoms with Crippen molar-refractivity contribution in [3.8, 4) is 0 Å². The summed E-state index contributed by atoms with van der Waals surface area (Å²) in [5, 5.41) is 0. The lowest BCUT2D eigenvalue weighted by atomic mass is 10.4. The molecule has 0 aromatic heterocycles. The van der Waals surface area contributed by atoms with Gasteiger partial charge in [-0.15, -0.1) is 0 Å². The predicted octanol–water partition coefficient (Wildman–Crippen LogP) is 1.78. The van der Waals surface area contributed by atoms with Crippen LogP contribution in [0, 0.1) is 5.92 Å². The molecule has 0 radical (unpaired) electrons. The van der Waals surface area contributed by atoms with E-state index in [9.17, 15) is 21.6 Å². The third-order valence-electron chi connectivity index (χ3n) is 1.53. The maximum Gasteiger partial charge on any atom is 0.534 e. The Kier molecular flexibility index (Phi) is 2.31. The van der Waals surface area contributed by atoms with Crippen molar-refractivity contribution in [3.05, 3.63) is 12.3 Å². The van der Waals surface area contributed by atoms with Crippen LogP contribution in [0.3, 0.4) is 0 Å². The molecule has 7 heteroatoms. The minimum absolute atomic E-state index is 0.239. The van der Waals surface area contributed by atoms with Gasteiger partial charge in [0, 0.05) is 5.92 Å². The van der Waals surface area contributed by atoms with E-state index in [1.165, 1.54) is 0 Å². The highest BCUT2D eigenvalue weighted by Crippen LogP contribution is 2.38. The molecule has 1 fully saturated rings. The van der Waals surface area contributed by atoms with Crippen LogP contribution >= 0.6 is 0 Å². The molecule has 0 aromatic carbocycles. The summed E-state index contributed by atoms with van der Waals surface area (Å²) in [5.74, 6) is -0.561. The van der Waals surface area contributed by atoms with Crippen LogP contribution in [0.5, 0.6) is 0 Å². The van der Waals surface area contributed by atoms with Crippen molar-refractivity contribution in [2.24, 2.45) is 5.92 Å². The van der Waals surface area contributed by atoms with Gasteiger partial charge in [-0.3, -0.25) is 0 Å². The fourth-order valence-electron chi connectivity index (χ4n) is 0.662. The Morgan fingerprint density at radius 1 is 1.38 bits per heavy atom. The van der Waals surface area contributed by atoms with Gasteiger partial charge < -0.3 is 4.18 Å². The normalized spacial score (nSPS) is 18.4. The third kappa shape index (κ3) is 2.36. The van der Waals surface area contributed by atoms with Gasteiger partial charge in [0.1, 0.15) is 5.76 Å². The van der Waals surface area contributed by atoms with E-state index < -0.39 is 15.6 Å². The standard InChI is InChI=1S/C6H7F3O3S/c1-4(5-2-3-5)12-13(10,11)6(7,8)9/h5H,1-3H2. The van der Waals surface area contributed by atoms with Crippen LogP contribution in [0.1, 0.15) is 12.8 Å². The molecular formula is C6H7F3O3S. The quantitative estimate of drug-likeness (QED) is 0.410. The lowest BCUT2D eigenvalue weighted by Gasteiger charge is -2.10. The summed E-state index contributed by atoms with van der Waals surface area (Å²) in [5.41, 5.74) is -5.37. The maximum atomic E-state index is 11.7. The molecule has 3 nitrogen and oxygen atoms in total. The summed E-state index contributed by atoms with van der Waals surface area (Å²) >= 11 is 0. The Morgan fingerprint density at radius 3 is 2.15 bits per heavy atom. The van der Waals surface area contributed by atoms with Gasteiger partial charge in [-0.2, -0.15) is 21.6 Å². The van der Waals surface area contributed by atoms with Gasteiger partial charge in [0.2, 0.25) is 0 Å². The molecule has 0 aliphatic heterocycles. The molecule has 0 N–H and O–H groups in total. The van der Waals surface area contributed by atoms with Crippen LogP contribution in [0.2, 0.25) is 0 Å². The van der Waals surface area contributed by atoms with Crippen molar-refractivity contribution in [2.75, 3.05) is 0 Å². The molecule has 13 heavy (non-hydrogen) atoms. The van der Waals surface area contributed by atoms with Crippen LogP contribution in [0.25, 0.3) is 0 Å². The summed E-state index contributed by atoms with van der Waals surface area (Å²) in [6, 6.07) is 0. The van der Waals surface area contributed by atoms with Crippen LogP contribution in [-0.2, 0) is 14.3 Å². The zero-order chi connectivity index (χ0) is 10.3. The Balaban J connectivity index is 2.67. The van der Waals surface area contributed by atoms with E-state index in [4.69, 9.17) is 0 Å². The Hall–Kier alpha value is -0.720. The van der Waals surface area contributed by atoms with E-state index in [2.05, 4.69) is 10.8 Å². The van der Waals surface area contributed by atoms with E-state index >= 15 is 0 Å². The summed E-state index contributed by atoms with van der Waals surface area (Å²) in [4.78, 5) is 0. The molecule has 1 rings (SSSR count). The van der Waals surface area contributed by atoms with Crippen LogP contribution < -0.4 is 0 Å². The molecule has 0 saturated heterocycles. The second kappa shape index (κ2) is 2.90. The van der Waals surface area contributed by atoms with Gasteiger partial charge in [-0.05, 0) is 12.8 Å². The number of halogens is 3. The molecule has 1 aliphatic carbocycles. The first-order chi connectivity index (χ1) is 5.74. The van der Waals surface area contributed by atoms with Crippen molar-refractivity contribution >= 4 is 10.1 Å². The lowest BCUT2D eigenvalue weighted by Crippen LogP contribution is -2.25. The van der Waals surface area contributed by atoms with E-state index in [1.807, 2.05) is 0 Å². The molecule has 0 heterocycles. The van der Waals surface area contributed by atoms with Crippen molar-refractivity contribution < 1.29 is 25.8 Å². The fourth-order valence-corrected chi connectivity index (χ4v) is 1.17. The molecule has 1 saturated carbocycles. The topological polar surface area (TPSA) is 43.4 Å². The summed E-state index contributed by atoms with van der Waals surface area (Å²) in [7, 11) is -5.50. The number of hydrogen-bond donors (Lipinski definition) is 0. The smallest absolute Gasteiger partial charge is 0.381 e. The molecule has 0 atom stereocenters. The fraction of sp³-hybridized carbons (Fsp3) is 0.667. The van der Waals surface area contributed by atoms with Gasteiger partial charge in [-0.1, -0.05) is 6.58 Å². The number of alkyl halides is 3. The largest absolute Gasteiger partial charge is 0.534 e. The summed E-state index contributed by atoms with van der Waals surface area (Å²) < 4.78 is 59.7. The summed E-state index contributed by atoms with van der Waals surface area (Å²) in [6.07, 6.45) is 1.26. The van der Waals surface area contributed by atoms with Gasteiger partial charge >= 0.3 is 15.6 Å². The zero-order valence-corrected chi connectivity index (χ0v) is 7.28. The molecule has 0 bridgehead atoms. The maximum absolute atomic E-state index is 11.7. The molecule has 0 amide bonds. The van der Waals surface area contributed by atoms with Crippen molar-refractivity contribution in [2.45, 2.75) is 18.3 Å². The predicted molar refractivity (Wildman–Crippen MR) is 37.9 cm³/mol. The Bertz CT molecular complexity index is 313. The molecule has 0 unspecified atom stereocenters. The van der Waals surface area contributed by atoms with E-state index in [0.29, 0.717) is 12.8 Å². The molecule has 1 aliphatic rings. The van der Waals surface area contributed by atoms with Crippen molar-refractivity contribution in [3.63, 3.8) is 0 Å². The first kappa shape index (κ1) is 10.4. The highest BCUT2D eigenvalue weighted by molar-refractivity contribution is 7.87. The lowest BCUT2D eigenvalue weighted by molar-refractivity contribution is -0.0524. The SMILES string of the molecule is C=C(OS(=O)(=O)C(F)(F)F)C1CC1. The van der Waals surface area contributed by atoms with Crippen molar-refractivity contribution in [1.29, 1.82) is 0 Å². The second-order valence-electron chi connectivity index (χ2n) is 2.72. The highest BCUT2D eigenvalue weighted by atomic mass is 32.2. The molecular weight excluding hydrogens is 209 g/mol. The molecule has 0 spiro atoms. The van der Waals surface area contributed by atoms with Crippen molar-refractivity contribution in [1.82, 2.24) is 0 Å². The number of hydrogen-bond acceptors (Lipinski definition) is 3.